The molecule has 0 radical (unpaired) electrons. The predicted molar refractivity (Wildman–Crippen MR) is 81.0 cm³/mol. The van der Waals surface area contributed by atoms with Gasteiger partial charge < -0.3 is 4.74 Å². The van der Waals surface area contributed by atoms with Crippen molar-refractivity contribution in [2.45, 2.75) is 19.6 Å². The van der Waals surface area contributed by atoms with Gasteiger partial charge in [-0.1, -0.05) is 18.7 Å². The van der Waals surface area contributed by atoms with Crippen LogP contribution in [0.15, 0.2) is 36.0 Å². The van der Waals surface area contributed by atoms with Crippen molar-refractivity contribution >= 4 is 11.8 Å². The van der Waals surface area contributed by atoms with E-state index in [0.29, 0.717) is 5.69 Å². The molecule has 3 nitrogen and oxygen atoms in total. The Kier molecular flexibility index (Phi) is 3.47. The lowest BCUT2D eigenvalue weighted by Crippen LogP contribution is -2.34. The zero-order chi connectivity index (χ0) is 16.8. The molecule has 2 aromatic rings. The molecule has 23 heavy (non-hydrogen) atoms. The molecule has 0 saturated carbocycles. The molecule has 0 atom stereocenters. The summed E-state index contributed by atoms with van der Waals surface area (Å²) in [4.78, 5) is 8.42. The highest BCUT2D eigenvalue weighted by Crippen LogP contribution is 2.39. The third-order valence-electron chi connectivity index (χ3n) is 3.39. The van der Waals surface area contributed by atoms with E-state index in [1.54, 1.807) is 32.0 Å². The highest BCUT2D eigenvalue weighted by molar-refractivity contribution is 6.14. The monoisotopic (exact) mass is 318 g/mol. The van der Waals surface area contributed by atoms with Crippen molar-refractivity contribution in [1.29, 1.82) is 0 Å². The summed E-state index contributed by atoms with van der Waals surface area (Å²) in [6.07, 6.45) is 2.43. The lowest BCUT2D eigenvalue weighted by molar-refractivity contribution is 0.107. The minimum atomic E-state index is -1.34. The molecule has 2 heterocycles. The summed E-state index contributed by atoms with van der Waals surface area (Å²) in [7, 11) is 0. The van der Waals surface area contributed by atoms with Crippen LogP contribution >= 0.6 is 0 Å². The quantitative estimate of drug-likeness (QED) is 0.781. The minimum Gasteiger partial charge on any atom is -0.463 e. The first-order valence-corrected chi connectivity index (χ1v) is 6.89. The fourth-order valence-corrected chi connectivity index (χ4v) is 2.43. The summed E-state index contributed by atoms with van der Waals surface area (Å²) in [5, 5.41) is 0. The Morgan fingerprint density at radius 3 is 2.48 bits per heavy atom. The molecule has 1 aromatic heterocycles. The second-order valence-electron chi connectivity index (χ2n) is 5.49. The average molecular weight is 318 g/mol. The fraction of sp³-hybridized carbons (Fsp3) is 0.176. The van der Waals surface area contributed by atoms with Crippen molar-refractivity contribution < 1.29 is 17.9 Å². The maximum atomic E-state index is 14.7. The van der Waals surface area contributed by atoms with Gasteiger partial charge in [0, 0.05) is 11.8 Å². The zero-order valence-corrected chi connectivity index (χ0v) is 12.5. The summed E-state index contributed by atoms with van der Waals surface area (Å²) in [6, 6.07) is 4.99. The minimum absolute atomic E-state index is 0.108. The van der Waals surface area contributed by atoms with Gasteiger partial charge in [0.1, 0.15) is 11.5 Å². The van der Waals surface area contributed by atoms with Crippen LogP contribution in [-0.4, -0.2) is 16.4 Å². The van der Waals surface area contributed by atoms with Gasteiger partial charge in [-0.15, -0.1) is 0 Å². The second kappa shape index (κ2) is 5.22. The van der Waals surface area contributed by atoms with Crippen LogP contribution in [0.1, 0.15) is 30.7 Å². The number of aromatic nitrogens is 1. The largest absolute Gasteiger partial charge is 0.463 e. The first-order valence-electron chi connectivity index (χ1n) is 6.89. The highest BCUT2D eigenvalue weighted by atomic mass is 19.2. The maximum absolute atomic E-state index is 14.7. The number of halogens is 3. The predicted octanol–water partition coefficient (Wildman–Crippen LogP) is 4.11. The summed E-state index contributed by atoms with van der Waals surface area (Å²) in [5.74, 6) is -4.10. The molecule has 0 aliphatic carbocycles. The van der Waals surface area contributed by atoms with E-state index in [-0.39, 0.29) is 11.3 Å². The average Bonchev–Trinajstić information content (AvgIpc) is 2.52. The van der Waals surface area contributed by atoms with Crippen LogP contribution in [0, 0.1) is 17.5 Å². The molecule has 0 spiro atoms. The Morgan fingerprint density at radius 2 is 1.87 bits per heavy atom. The van der Waals surface area contributed by atoms with Gasteiger partial charge in [0.2, 0.25) is 5.82 Å². The molecule has 118 valence electrons. The smallest absolute Gasteiger partial charge is 0.202 e. The molecule has 1 aromatic carbocycles. The van der Waals surface area contributed by atoms with Crippen molar-refractivity contribution in [3.8, 4) is 5.75 Å². The van der Waals surface area contributed by atoms with Crippen LogP contribution in [-0.2, 0) is 0 Å². The molecule has 0 bridgehead atoms. The normalized spacial score (nSPS) is 15.4. The van der Waals surface area contributed by atoms with E-state index in [1.807, 2.05) is 0 Å². The van der Waals surface area contributed by atoms with Crippen molar-refractivity contribution in [2.75, 3.05) is 0 Å². The van der Waals surface area contributed by atoms with Crippen LogP contribution in [0.25, 0.3) is 6.08 Å². The van der Waals surface area contributed by atoms with E-state index >= 15 is 0 Å². The fourth-order valence-electron chi connectivity index (χ4n) is 2.43. The third kappa shape index (κ3) is 2.40. The third-order valence-corrected chi connectivity index (χ3v) is 3.39. The Hall–Kier alpha value is -2.63. The summed E-state index contributed by atoms with van der Waals surface area (Å²) < 4.78 is 48.4. The van der Waals surface area contributed by atoms with E-state index in [2.05, 4.69) is 16.6 Å². The SMILES string of the molecule is C=Cc1c(F)c(F)c2c(c1F)C(c1ccccn1)=NC(C)(C)O2. The van der Waals surface area contributed by atoms with Crippen LogP contribution in [0.2, 0.25) is 0 Å². The number of benzene rings is 1. The highest BCUT2D eigenvalue weighted by Gasteiger charge is 2.36. The number of fused-ring (bicyclic) bond motifs is 1. The zero-order valence-electron chi connectivity index (χ0n) is 12.5. The van der Waals surface area contributed by atoms with Gasteiger partial charge in [-0.25, -0.2) is 13.8 Å². The van der Waals surface area contributed by atoms with E-state index < -0.39 is 34.5 Å². The van der Waals surface area contributed by atoms with Gasteiger partial charge >= 0.3 is 0 Å². The molecule has 0 unspecified atom stereocenters. The molecular formula is C17H13F3N2O. The van der Waals surface area contributed by atoms with E-state index in [1.165, 1.54) is 6.20 Å². The van der Waals surface area contributed by atoms with Gasteiger partial charge in [0.25, 0.3) is 0 Å². The molecule has 0 N–H and O–H groups in total. The molecule has 1 aliphatic heterocycles. The summed E-state index contributed by atoms with van der Waals surface area (Å²) >= 11 is 0. The molecule has 0 saturated heterocycles. The molecule has 1 aliphatic rings. The summed E-state index contributed by atoms with van der Waals surface area (Å²) in [6.45, 7) is 6.46. The maximum Gasteiger partial charge on any atom is 0.202 e. The number of hydrogen-bond donors (Lipinski definition) is 0. The number of ether oxygens (including phenoxy) is 1. The molecule has 0 fully saturated rings. The first-order chi connectivity index (χ1) is 10.9. The van der Waals surface area contributed by atoms with Crippen molar-refractivity contribution in [2.24, 2.45) is 4.99 Å². The van der Waals surface area contributed by atoms with E-state index in [4.69, 9.17) is 4.74 Å². The first kappa shape index (κ1) is 15.3. The number of aliphatic imine (C=N–C) groups is 1. The Bertz CT molecular complexity index is 830. The lowest BCUT2D eigenvalue weighted by Gasteiger charge is -2.30. The van der Waals surface area contributed by atoms with Crippen molar-refractivity contribution in [3.63, 3.8) is 0 Å². The van der Waals surface area contributed by atoms with Crippen LogP contribution < -0.4 is 4.74 Å². The van der Waals surface area contributed by atoms with Crippen molar-refractivity contribution in [1.82, 2.24) is 4.98 Å². The van der Waals surface area contributed by atoms with Crippen LogP contribution in [0.3, 0.4) is 0 Å². The topological polar surface area (TPSA) is 34.5 Å². The Labute approximate surface area is 131 Å². The Morgan fingerprint density at radius 1 is 1.13 bits per heavy atom. The molecule has 3 rings (SSSR count). The van der Waals surface area contributed by atoms with Crippen molar-refractivity contribution in [3.05, 3.63) is 65.2 Å². The number of rotatable bonds is 2. The lowest BCUT2D eigenvalue weighted by atomic mass is 9.98. The van der Waals surface area contributed by atoms with Gasteiger partial charge in [0.15, 0.2) is 17.3 Å². The summed E-state index contributed by atoms with van der Waals surface area (Å²) in [5.41, 5.74) is -1.55. The molecule has 6 heteroatoms. The van der Waals surface area contributed by atoms with E-state index in [0.717, 1.165) is 6.08 Å². The van der Waals surface area contributed by atoms with Gasteiger partial charge in [-0.05, 0) is 26.0 Å². The molecular weight excluding hydrogens is 305 g/mol. The van der Waals surface area contributed by atoms with Crippen LogP contribution in [0.4, 0.5) is 13.2 Å². The van der Waals surface area contributed by atoms with E-state index in [9.17, 15) is 13.2 Å². The number of hydrogen-bond acceptors (Lipinski definition) is 3. The second-order valence-corrected chi connectivity index (χ2v) is 5.49. The van der Waals surface area contributed by atoms with Crippen LogP contribution in [0.5, 0.6) is 5.75 Å². The Balaban J connectivity index is 2.39. The van der Waals surface area contributed by atoms with Gasteiger partial charge in [-0.2, -0.15) is 4.39 Å². The standard InChI is InChI=1S/C17H13F3N2O/c1-4-9-12(18)11-15(10-7-5-6-8-21-10)22-17(2,3)23-16(11)14(20)13(9)19/h4-8H,1H2,2-3H3. The number of pyridine rings is 1. The van der Waals surface area contributed by atoms with Gasteiger partial charge in [0.05, 0.1) is 11.3 Å². The number of nitrogens with zero attached hydrogens (tertiary/aromatic N) is 2. The molecule has 0 amide bonds. The van der Waals surface area contributed by atoms with Gasteiger partial charge in [-0.3, -0.25) is 4.98 Å².